The fourth-order valence-electron chi connectivity index (χ4n) is 1.39. The van der Waals surface area contributed by atoms with Crippen LogP contribution in [0.1, 0.15) is 17.4 Å². The van der Waals surface area contributed by atoms with Crippen molar-refractivity contribution < 1.29 is 18.3 Å². The summed E-state index contributed by atoms with van der Waals surface area (Å²) in [7, 11) is -2.28. The zero-order valence-electron chi connectivity index (χ0n) is 10.7. The Labute approximate surface area is 111 Å². The number of nitrogens with one attached hydrogen (secondary N) is 1. The lowest BCUT2D eigenvalue weighted by atomic mass is 10.2. The Morgan fingerprint density at radius 1 is 1.58 bits per heavy atom. The summed E-state index contributed by atoms with van der Waals surface area (Å²) in [6.07, 6.45) is 0.440. The Morgan fingerprint density at radius 3 is 2.58 bits per heavy atom. The second-order valence-electron chi connectivity index (χ2n) is 4.29. The molecule has 1 rings (SSSR count). The van der Waals surface area contributed by atoms with Gasteiger partial charge >= 0.3 is 0 Å². The van der Waals surface area contributed by atoms with Crippen molar-refractivity contribution in [3.8, 4) is 0 Å². The van der Waals surface area contributed by atoms with E-state index in [4.69, 9.17) is 11.5 Å². The largest absolute Gasteiger partial charge is 0.392 e. The lowest BCUT2D eigenvalue weighted by Crippen LogP contribution is -2.43. The fraction of sp³-hybridized carbons (Fsp3) is 0.500. The van der Waals surface area contributed by atoms with Crippen LogP contribution in [0.25, 0.3) is 0 Å². The Kier molecular flexibility index (Phi) is 4.69. The minimum Gasteiger partial charge on any atom is -0.392 e. The molecule has 0 fully saturated rings. The lowest BCUT2D eigenvalue weighted by Gasteiger charge is -2.14. The molecule has 2 atom stereocenters. The lowest BCUT2D eigenvalue weighted by molar-refractivity contribution is 0.0992. The Bertz CT molecular complexity index is 564. The van der Waals surface area contributed by atoms with Gasteiger partial charge in [0.15, 0.2) is 0 Å². The maximum atomic E-state index is 11.9. The molecule has 1 aromatic heterocycles. The number of amides is 1. The van der Waals surface area contributed by atoms with Gasteiger partial charge in [-0.05, 0) is 13.0 Å². The second-order valence-corrected chi connectivity index (χ2v) is 6.06. The Morgan fingerprint density at radius 2 is 2.16 bits per heavy atom. The van der Waals surface area contributed by atoms with E-state index in [2.05, 4.69) is 4.72 Å². The Balaban J connectivity index is 2.89. The number of aryl methyl sites for hydroxylation is 1. The number of nitrogens with zero attached hydrogens (tertiary/aromatic N) is 1. The number of primary amides is 1. The SMILES string of the molecule is CC(O)C(N)CNS(=O)(=O)c1cc(C(N)=O)n(C)c1. The van der Waals surface area contributed by atoms with Gasteiger partial charge in [0.05, 0.1) is 6.10 Å². The number of aliphatic hydroxyl groups excluding tert-OH is 1. The standard InChI is InChI=1S/C10H18N4O4S/c1-6(15)8(11)4-13-19(17,18)7-3-9(10(12)16)14(2)5-7/h3,5-6,8,13,15H,4,11H2,1-2H3,(H2,12,16). The van der Waals surface area contributed by atoms with Crippen LogP contribution >= 0.6 is 0 Å². The molecule has 0 spiro atoms. The third-order valence-electron chi connectivity index (χ3n) is 2.67. The van der Waals surface area contributed by atoms with E-state index in [0.717, 1.165) is 0 Å². The van der Waals surface area contributed by atoms with Crippen LogP contribution in [0.3, 0.4) is 0 Å². The van der Waals surface area contributed by atoms with Crippen molar-refractivity contribution in [2.75, 3.05) is 6.54 Å². The van der Waals surface area contributed by atoms with Gasteiger partial charge < -0.3 is 21.1 Å². The van der Waals surface area contributed by atoms with Crippen LogP contribution in [-0.4, -0.2) is 42.7 Å². The number of rotatable bonds is 6. The molecule has 9 heteroatoms. The summed E-state index contributed by atoms with van der Waals surface area (Å²) in [6.45, 7) is 1.35. The first kappa shape index (κ1) is 15.6. The van der Waals surface area contributed by atoms with Crippen LogP contribution in [0, 0.1) is 0 Å². The quantitative estimate of drug-likeness (QED) is 0.485. The highest BCUT2D eigenvalue weighted by Gasteiger charge is 2.21. The molecule has 0 saturated heterocycles. The van der Waals surface area contributed by atoms with Crippen molar-refractivity contribution in [1.82, 2.24) is 9.29 Å². The molecule has 8 nitrogen and oxygen atoms in total. The molecule has 2 unspecified atom stereocenters. The van der Waals surface area contributed by atoms with Gasteiger partial charge in [0.25, 0.3) is 5.91 Å². The monoisotopic (exact) mass is 290 g/mol. The van der Waals surface area contributed by atoms with Gasteiger partial charge in [-0.25, -0.2) is 13.1 Å². The van der Waals surface area contributed by atoms with Gasteiger partial charge in [-0.2, -0.15) is 0 Å². The molecular weight excluding hydrogens is 272 g/mol. The summed E-state index contributed by atoms with van der Waals surface area (Å²) in [5, 5.41) is 9.18. The topological polar surface area (TPSA) is 140 Å². The average Bonchev–Trinajstić information content (AvgIpc) is 2.69. The molecule has 1 aromatic rings. The van der Waals surface area contributed by atoms with Crippen molar-refractivity contribution in [1.29, 1.82) is 0 Å². The van der Waals surface area contributed by atoms with E-state index in [-0.39, 0.29) is 17.1 Å². The average molecular weight is 290 g/mol. The molecule has 1 amide bonds. The van der Waals surface area contributed by atoms with Crippen LogP contribution < -0.4 is 16.2 Å². The van der Waals surface area contributed by atoms with Crippen LogP contribution in [-0.2, 0) is 17.1 Å². The van der Waals surface area contributed by atoms with E-state index in [1.165, 1.54) is 30.8 Å². The number of carbonyl (C=O) groups excluding carboxylic acids is 1. The highest BCUT2D eigenvalue weighted by atomic mass is 32.2. The summed E-state index contributed by atoms with van der Waals surface area (Å²) in [5.41, 5.74) is 10.7. The van der Waals surface area contributed by atoms with E-state index in [1.807, 2.05) is 0 Å². The minimum absolute atomic E-state index is 0.0819. The van der Waals surface area contributed by atoms with Crippen molar-refractivity contribution in [2.45, 2.75) is 24.0 Å². The second kappa shape index (κ2) is 5.70. The van der Waals surface area contributed by atoms with Gasteiger partial charge in [0.1, 0.15) is 10.6 Å². The predicted octanol–water partition coefficient (Wildman–Crippen LogP) is -1.89. The van der Waals surface area contributed by atoms with Crippen LogP contribution in [0.15, 0.2) is 17.2 Å². The summed E-state index contributed by atoms with van der Waals surface area (Å²) >= 11 is 0. The maximum absolute atomic E-state index is 11.9. The number of hydrogen-bond acceptors (Lipinski definition) is 5. The molecule has 108 valence electrons. The van der Waals surface area contributed by atoms with Crippen LogP contribution in [0.5, 0.6) is 0 Å². The van der Waals surface area contributed by atoms with Crippen molar-refractivity contribution in [3.05, 3.63) is 18.0 Å². The van der Waals surface area contributed by atoms with Gasteiger partial charge in [-0.15, -0.1) is 0 Å². The highest BCUT2D eigenvalue weighted by Crippen LogP contribution is 2.12. The number of hydrogen-bond donors (Lipinski definition) is 4. The molecule has 19 heavy (non-hydrogen) atoms. The van der Waals surface area contributed by atoms with Crippen LogP contribution in [0.4, 0.5) is 0 Å². The minimum atomic E-state index is -3.79. The number of aromatic nitrogens is 1. The van der Waals surface area contributed by atoms with Crippen LogP contribution in [0.2, 0.25) is 0 Å². The zero-order chi connectivity index (χ0) is 14.8. The molecule has 0 aliphatic heterocycles. The first-order chi connectivity index (χ1) is 8.65. The van der Waals surface area contributed by atoms with E-state index in [9.17, 15) is 18.3 Å². The third kappa shape index (κ3) is 3.77. The van der Waals surface area contributed by atoms with E-state index in [1.54, 1.807) is 0 Å². The van der Waals surface area contributed by atoms with Crippen molar-refractivity contribution in [2.24, 2.45) is 18.5 Å². The molecule has 0 bridgehead atoms. The van der Waals surface area contributed by atoms with Gasteiger partial charge in [-0.3, -0.25) is 4.79 Å². The molecule has 0 aliphatic rings. The normalized spacial score (nSPS) is 15.2. The van der Waals surface area contributed by atoms with E-state index in [0.29, 0.717) is 0 Å². The first-order valence-corrected chi connectivity index (χ1v) is 7.03. The molecular formula is C10H18N4O4S. The van der Waals surface area contributed by atoms with E-state index >= 15 is 0 Å². The molecule has 0 aliphatic carbocycles. The van der Waals surface area contributed by atoms with E-state index < -0.39 is 28.1 Å². The van der Waals surface area contributed by atoms with Crippen molar-refractivity contribution >= 4 is 15.9 Å². The predicted molar refractivity (Wildman–Crippen MR) is 68.8 cm³/mol. The first-order valence-electron chi connectivity index (χ1n) is 5.54. The summed E-state index contributed by atoms with van der Waals surface area (Å²) in [4.78, 5) is 11.0. The summed E-state index contributed by atoms with van der Waals surface area (Å²) in [6, 6.07) is 0.465. The zero-order valence-corrected chi connectivity index (χ0v) is 11.5. The maximum Gasteiger partial charge on any atom is 0.265 e. The van der Waals surface area contributed by atoms with Gasteiger partial charge in [0, 0.05) is 25.8 Å². The summed E-state index contributed by atoms with van der Waals surface area (Å²) in [5.74, 6) is -0.718. The molecule has 0 radical (unpaired) electrons. The third-order valence-corrected chi connectivity index (χ3v) is 4.06. The number of aliphatic hydroxyl groups is 1. The number of sulfonamides is 1. The fourth-order valence-corrected chi connectivity index (χ4v) is 2.53. The molecule has 0 saturated carbocycles. The number of nitrogens with two attached hydrogens (primary N) is 2. The Hall–Kier alpha value is -1.42. The van der Waals surface area contributed by atoms with Gasteiger partial charge in [-0.1, -0.05) is 0 Å². The molecule has 0 aromatic carbocycles. The number of carbonyl (C=O) groups is 1. The van der Waals surface area contributed by atoms with Crippen molar-refractivity contribution in [3.63, 3.8) is 0 Å². The van der Waals surface area contributed by atoms with Gasteiger partial charge in [0.2, 0.25) is 10.0 Å². The highest BCUT2D eigenvalue weighted by molar-refractivity contribution is 7.89. The summed E-state index contributed by atoms with van der Waals surface area (Å²) < 4.78 is 27.4. The molecule has 6 N–H and O–H groups in total. The molecule has 1 heterocycles. The smallest absolute Gasteiger partial charge is 0.265 e.